The van der Waals surface area contributed by atoms with Gasteiger partial charge in [-0.2, -0.15) is 0 Å². The Bertz CT molecular complexity index is 462. The molecular formula is C13H18N4. The van der Waals surface area contributed by atoms with E-state index in [4.69, 9.17) is 5.84 Å². The lowest BCUT2D eigenvalue weighted by Crippen LogP contribution is -2.14. The summed E-state index contributed by atoms with van der Waals surface area (Å²) in [4.78, 5) is 0. The van der Waals surface area contributed by atoms with Crippen molar-refractivity contribution in [2.24, 2.45) is 0 Å². The average Bonchev–Trinajstić information content (AvgIpc) is 2.73. The van der Waals surface area contributed by atoms with Crippen LogP contribution in [0.15, 0.2) is 30.3 Å². The second-order valence-corrected chi connectivity index (χ2v) is 4.13. The molecule has 2 N–H and O–H groups in total. The second-order valence-electron chi connectivity index (χ2n) is 4.13. The molecule has 0 saturated heterocycles. The lowest BCUT2D eigenvalue weighted by molar-refractivity contribution is 0.679. The summed E-state index contributed by atoms with van der Waals surface area (Å²) in [5.74, 6) is 7.60. The number of hydrogen-bond donors (Lipinski definition) is 1. The summed E-state index contributed by atoms with van der Waals surface area (Å²) in [6.45, 7) is 2.18. The second kappa shape index (κ2) is 5.48. The number of hydrogen-bond acceptors (Lipinski definition) is 3. The first-order valence-corrected chi connectivity index (χ1v) is 6.07. The zero-order valence-electron chi connectivity index (χ0n) is 10.1. The van der Waals surface area contributed by atoms with E-state index in [0.717, 1.165) is 30.1 Å². The molecule has 0 unspecified atom stereocenters. The molecule has 1 aromatic heterocycles. The molecule has 0 saturated carbocycles. The van der Waals surface area contributed by atoms with Gasteiger partial charge in [0.15, 0.2) is 11.6 Å². The number of benzene rings is 1. The van der Waals surface area contributed by atoms with E-state index in [2.05, 4.69) is 17.1 Å². The minimum atomic E-state index is 0.733. The minimum absolute atomic E-state index is 0.733. The van der Waals surface area contributed by atoms with Crippen LogP contribution in [0.25, 0.3) is 11.4 Å². The highest BCUT2D eigenvalue weighted by Gasteiger charge is 2.10. The Kier molecular flexibility index (Phi) is 3.75. The zero-order valence-corrected chi connectivity index (χ0v) is 10.1. The number of nitrogens with zero attached hydrogens (tertiary/aromatic N) is 3. The van der Waals surface area contributed by atoms with Gasteiger partial charge in [0.2, 0.25) is 0 Å². The van der Waals surface area contributed by atoms with Crippen molar-refractivity contribution in [3.05, 3.63) is 36.2 Å². The smallest absolute Gasteiger partial charge is 0.182 e. The highest BCUT2D eigenvalue weighted by atomic mass is 15.4. The first-order valence-electron chi connectivity index (χ1n) is 6.07. The molecule has 4 heteroatoms. The van der Waals surface area contributed by atoms with Crippen molar-refractivity contribution >= 4 is 0 Å². The van der Waals surface area contributed by atoms with Crippen molar-refractivity contribution in [3.63, 3.8) is 0 Å². The fraction of sp³-hybridized carbons (Fsp3) is 0.385. The molecule has 0 aliphatic rings. The number of nitrogens with two attached hydrogens (primary N) is 1. The molecule has 90 valence electrons. The lowest BCUT2D eigenvalue weighted by atomic mass is 10.2. The predicted octanol–water partition coefficient (Wildman–Crippen LogP) is 2.39. The van der Waals surface area contributed by atoms with E-state index in [0.29, 0.717) is 0 Å². The van der Waals surface area contributed by atoms with E-state index in [1.54, 1.807) is 4.68 Å². The highest BCUT2D eigenvalue weighted by Crippen LogP contribution is 2.16. The third-order valence-corrected chi connectivity index (χ3v) is 2.80. The third-order valence-electron chi connectivity index (χ3n) is 2.80. The largest absolute Gasteiger partial charge is 0.336 e. The summed E-state index contributed by atoms with van der Waals surface area (Å²) in [7, 11) is 0. The van der Waals surface area contributed by atoms with Crippen molar-refractivity contribution in [2.45, 2.75) is 32.6 Å². The summed E-state index contributed by atoms with van der Waals surface area (Å²) in [5, 5.41) is 8.30. The molecule has 2 aromatic rings. The van der Waals surface area contributed by atoms with Gasteiger partial charge in [-0.15, -0.1) is 10.2 Å². The molecule has 2 rings (SSSR count). The van der Waals surface area contributed by atoms with Crippen LogP contribution in [-0.4, -0.2) is 14.9 Å². The van der Waals surface area contributed by atoms with Gasteiger partial charge < -0.3 is 5.84 Å². The monoisotopic (exact) mass is 230 g/mol. The van der Waals surface area contributed by atoms with Crippen molar-refractivity contribution in [2.75, 3.05) is 5.84 Å². The van der Waals surface area contributed by atoms with Crippen LogP contribution >= 0.6 is 0 Å². The van der Waals surface area contributed by atoms with Gasteiger partial charge in [-0.1, -0.05) is 50.1 Å². The quantitative estimate of drug-likeness (QED) is 0.634. The van der Waals surface area contributed by atoms with Gasteiger partial charge in [0, 0.05) is 12.0 Å². The van der Waals surface area contributed by atoms with Crippen molar-refractivity contribution in [1.82, 2.24) is 14.9 Å². The van der Waals surface area contributed by atoms with Crippen LogP contribution in [0.4, 0.5) is 0 Å². The van der Waals surface area contributed by atoms with Crippen LogP contribution in [0.2, 0.25) is 0 Å². The molecule has 4 nitrogen and oxygen atoms in total. The molecule has 0 atom stereocenters. The molecule has 0 amide bonds. The Hall–Kier alpha value is -1.84. The third kappa shape index (κ3) is 2.64. The summed E-state index contributed by atoms with van der Waals surface area (Å²) in [5.41, 5.74) is 1.00. The average molecular weight is 230 g/mol. The molecule has 0 radical (unpaired) electrons. The lowest BCUT2D eigenvalue weighted by Gasteiger charge is -2.03. The van der Waals surface area contributed by atoms with Gasteiger partial charge in [-0.3, -0.25) is 0 Å². The van der Waals surface area contributed by atoms with E-state index in [9.17, 15) is 0 Å². The zero-order chi connectivity index (χ0) is 12.1. The van der Waals surface area contributed by atoms with E-state index < -0.39 is 0 Å². The van der Waals surface area contributed by atoms with Crippen molar-refractivity contribution < 1.29 is 0 Å². The maximum atomic E-state index is 6.01. The first-order chi connectivity index (χ1) is 8.33. The fourth-order valence-electron chi connectivity index (χ4n) is 1.81. The SMILES string of the molecule is CCCCCc1nnc(-c2ccccc2)n1N. The molecule has 0 bridgehead atoms. The van der Waals surface area contributed by atoms with Gasteiger partial charge in [0.05, 0.1) is 0 Å². The fourth-order valence-corrected chi connectivity index (χ4v) is 1.81. The normalized spacial score (nSPS) is 10.6. The summed E-state index contributed by atoms with van der Waals surface area (Å²) in [6, 6.07) is 9.90. The summed E-state index contributed by atoms with van der Waals surface area (Å²) < 4.78 is 1.60. The Morgan fingerprint density at radius 3 is 2.59 bits per heavy atom. The van der Waals surface area contributed by atoms with Gasteiger partial charge >= 0.3 is 0 Å². The number of unbranched alkanes of at least 4 members (excludes halogenated alkanes) is 2. The maximum absolute atomic E-state index is 6.01. The van der Waals surface area contributed by atoms with Gasteiger partial charge in [-0.25, -0.2) is 4.68 Å². The molecule has 0 aliphatic heterocycles. The Labute approximate surface area is 101 Å². The number of rotatable bonds is 5. The van der Waals surface area contributed by atoms with Crippen molar-refractivity contribution in [1.29, 1.82) is 0 Å². The van der Waals surface area contributed by atoms with Crippen LogP contribution in [-0.2, 0) is 6.42 Å². The van der Waals surface area contributed by atoms with Gasteiger partial charge in [-0.05, 0) is 6.42 Å². The molecule has 0 fully saturated rings. The van der Waals surface area contributed by atoms with Gasteiger partial charge in [0.1, 0.15) is 0 Å². The molecule has 1 heterocycles. The molecule has 1 aromatic carbocycles. The van der Waals surface area contributed by atoms with Gasteiger partial charge in [0.25, 0.3) is 0 Å². The van der Waals surface area contributed by atoms with E-state index in [1.165, 1.54) is 12.8 Å². The Morgan fingerprint density at radius 2 is 1.88 bits per heavy atom. The Morgan fingerprint density at radius 1 is 1.12 bits per heavy atom. The highest BCUT2D eigenvalue weighted by molar-refractivity contribution is 5.54. The van der Waals surface area contributed by atoms with Crippen LogP contribution in [0.5, 0.6) is 0 Å². The molecular weight excluding hydrogens is 212 g/mol. The number of nitrogen functional groups attached to an aromatic ring is 1. The molecule has 0 aliphatic carbocycles. The maximum Gasteiger partial charge on any atom is 0.182 e. The molecule has 17 heavy (non-hydrogen) atoms. The predicted molar refractivity (Wildman–Crippen MR) is 68.8 cm³/mol. The van der Waals surface area contributed by atoms with Crippen LogP contribution in [0.1, 0.15) is 32.0 Å². The van der Waals surface area contributed by atoms with E-state index in [-0.39, 0.29) is 0 Å². The van der Waals surface area contributed by atoms with Crippen LogP contribution in [0.3, 0.4) is 0 Å². The standard InChI is InChI=1S/C13H18N4/c1-2-3-5-10-12-15-16-13(17(12)14)11-8-6-4-7-9-11/h4,6-9H,2-3,5,10,14H2,1H3. The topological polar surface area (TPSA) is 56.7 Å². The summed E-state index contributed by atoms with van der Waals surface area (Å²) >= 11 is 0. The first kappa shape index (κ1) is 11.6. The summed E-state index contributed by atoms with van der Waals surface area (Å²) in [6.07, 6.45) is 4.41. The van der Waals surface area contributed by atoms with Crippen LogP contribution in [0, 0.1) is 0 Å². The van der Waals surface area contributed by atoms with E-state index >= 15 is 0 Å². The molecule has 0 spiro atoms. The number of aryl methyl sites for hydroxylation is 1. The Balaban J connectivity index is 2.15. The number of aromatic nitrogens is 3. The minimum Gasteiger partial charge on any atom is -0.336 e. The van der Waals surface area contributed by atoms with Crippen molar-refractivity contribution in [3.8, 4) is 11.4 Å². The van der Waals surface area contributed by atoms with E-state index in [1.807, 2.05) is 30.3 Å². The van der Waals surface area contributed by atoms with Crippen LogP contribution < -0.4 is 5.84 Å².